The molecule has 0 nitrogen and oxygen atoms in total. The number of hydrogen-bond acceptors (Lipinski definition) is 0. The SMILES string of the molecule is C=CC1CCC(C=C)(C23C=CC(C2)C(C=C)C3)C1. The average Bonchev–Trinajstić information content (AvgIpc) is 3.11. The van der Waals surface area contributed by atoms with Crippen LogP contribution in [0.1, 0.15) is 32.1 Å². The molecule has 0 saturated heterocycles. The maximum absolute atomic E-state index is 4.20. The standard InChI is InChI=1S/C18H24/c1-4-14-7-9-17(6-3,11-14)18-10-8-16(13-18)15(5-2)12-18/h4-6,8,10,14-16H,1-3,7,9,11-13H2. The molecule has 0 heteroatoms. The van der Waals surface area contributed by atoms with Gasteiger partial charge in [0.25, 0.3) is 0 Å². The van der Waals surface area contributed by atoms with Gasteiger partial charge in [-0.15, -0.1) is 19.7 Å². The third kappa shape index (κ3) is 1.38. The lowest BCUT2D eigenvalue weighted by Gasteiger charge is -2.43. The second kappa shape index (κ2) is 3.98. The van der Waals surface area contributed by atoms with E-state index in [1.54, 1.807) is 0 Å². The molecular weight excluding hydrogens is 216 g/mol. The van der Waals surface area contributed by atoms with Gasteiger partial charge in [-0.1, -0.05) is 30.4 Å². The van der Waals surface area contributed by atoms with Gasteiger partial charge in [-0.25, -0.2) is 0 Å². The Morgan fingerprint density at radius 3 is 2.44 bits per heavy atom. The summed E-state index contributed by atoms with van der Waals surface area (Å²) in [5, 5.41) is 0. The first-order valence-corrected chi connectivity index (χ1v) is 7.27. The Balaban J connectivity index is 1.94. The zero-order valence-corrected chi connectivity index (χ0v) is 11.3. The van der Waals surface area contributed by atoms with Crippen molar-refractivity contribution in [2.45, 2.75) is 32.1 Å². The highest BCUT2D eigenvalue weighted by Gasteiger charge is 2.58. The minimum Gasteiger partial charge on any atom is -0.103 e. The van der Waals surface area contributed by atoms with Gasteiger partial charge in [0.15, 0.2) is 0 Å². The first-order chi connectivity index (χ1) is 8.68. The van der Waals surface area contributed by atoms with Crippen LogP contribution in [0.5, 0.6) is 0 Å². The monoisotopic (exact) mass is 240 g/mol. The number of rotatable bonds is 4. The smallest absolute Gasteiger partial charge is 0.00155 e. The highest BCUT2D eigenvalue weighted by Crippen LogP contribution is 2.67. The number of allylic oxidation sites excluding steroid dienone is 5. The minimum absolute atomic E-state index is 0.314. The van der Waals surface area contributed by atoms with Gasteiger partial charge >= 0.3 is 0 Å². The van der Waals surface area contributed by atoms with Gasteiger partial charge in [0.1, 0.15) is 0 Å². The fourth-order valence-electron chi connectivity index (χ4n) is 4.87. The molecule has 2 fully saturated rings. The lowest BCUT2D eigenvalue weighted by Crippen LogP contribution is -2.35. The van der Waals surface area contributed by atoms with E-state index in [1.165, 1.54) is 32.1 Å². The van der Waals surface area contributed by atoms with Gasteiger partial charge in [-0.3, -0.25) is 0 Å². The van der Waals surface area contributed by atoms with Gasteiger partial charge in [0, 0.05) is 0 Å². The Morgan fingerprint density at radius 1 is 1.06 bits per heavy atom. The number of hydrogen-bond donors (Lipinski definition) is 0. The second-order valence-corrected chi connectivity index (χ2v) is 6.59. The highest BCUT2D eigenvalue weighted by molar-refractivity contribution is 5.29. The quantitative estimate of drug-likeness (QED) is 0.612. The Labute approximate surface area is 111 Å². The molecule has 3 rings (SSSR count). The molecule has 0 heterocycles. The van der Waals surface area contributed by atoms with E-state index >= 15 is 0 Å². The Bertz CT molecular complexity index is 414. The molecule has 18 heavy (non-hydrogen) atoms. The fraction of sp³-hybridized carbons (Fsp3) is 0.556. The predicted octanol–water partition coefficient (Wildman–Crippen LogP) is 4.91. The summed E-state index contributed by atoms with van der Waals surface area (Å²) in [5.74, 6) is 2.12. The zero-order valence-electron chi connectivity index (χ0n) is 11.3. The second-order valence-electron chi connectivity index (χ2n) is 6.59. The highest BCUT2D eigenvalue weighted by atomic mass is 14.6. The van der Waals surface area contributed by atoms with Gasteiger partial charge < -0.3 is 0 Å². The van der Waals surface area contributed by atoms with Crippen molar-refractivity contribution in [3.05, 3.63) is 50.1 Å². The van der Waals surface area contributed by atoms with Crippen LogP contribution in [0.3, 0.4) is 0 Å². The van der Waals surface area contributed by atoms with Crippen LogP contribution in [0.25, 0.3) is 0 Å². The number of fused-ring (bicyclic) bond motifs is 2. The van der Waals surface area contributed by atoms with Gasteiger partial charge in [0.05, 0.1) is 0 Å². The summed E-state index contributed by atoms with van der Waals surface area (Å²) in [6.07, 6.45) is 18.0. The van der Waals surface area contributed by atoms with Crippen LogP contribution >= 0.6 is 0 Å². The maximum Gasteiger partial charge on any atom is -0.00155 e. The predicted molar refractivity (Wildman–Crippen MR) is 78.2 cm³/mol. The van der Waals surface area contributed by atoms with Crippen molar-refractivity contribution in [3.8, 4) is 0 Å². The summed E-state index contributed by atoms with van der Waals surface area (Å²) in [5.41, 5.74) is 0.685. The Hall–Kier alpha value is -1.04. The summed E-state index contributed by atoms with van der Waals surface area (Å²) < 4.78 is 0. The molecule has 5 unspecified atom stereocenters. The Morgan fingerprint density at radius 2 is 1.89 bits per heavy atom. The zero-order chi connectivity index (χ0) is 12.8. The molecule has 3 aliphatic rings. The van der Waals surface area contributed by atoms with Crippen LogP contribution in [0.2, 0.25) is 0 Å². The fourth-order valence-corrected chi connectivity index (χ4v) is 4.87. The van der Waals surface area contributed by atoms with E-state index in [4.69, 9.17) is 0 Å². The average molecular weight is 240 g/mol. The van der Waals surface area contributed by atoms with Crippen LogP contribution < -0.4 is 0 Å². The molecule has 2 saturated carbocycles. The molecular formula is C18H24. The molecule has 0 radical (unpaired) electrons. The van der Waals surface area contributed by atoms with E-state index in [0.717, 1.165) is 5.92 Å². The summed E-state index contributed by atoms with van der Waals surface area (Å²) in [6, 6.07) is 0. The Kier molecular flexibility index (Phi) is 2.66. The lowest BCUT2D eigenvalue weighted by atomic mass is 9.61. The van der Waals surface area contributed by atoms with Crippen LogP contribution in [-0.4, -0.2) is 0 Å². The van der Waals surface area contributed by atoms with Crippen molar-refractivity contribution in [2.75, 3.05) is 0 Å². The van der Waals surface area contributed by atoms with E-state index in [0.29, 0.717) is 22.7 Å². The third-order valence-electron chi connectivity index (χ3n) is 6.02. The van der Waals surface area contributed by atoms with Gasteiger partial charge in [0.2, 0.25) is 0 Å². The van der Waals surface area contributed by atoms with Crippen molar-refractivity contribution in [1.82, 2.24) is 0 Å². The van der Waals surface area contributed by atoms with Crippen LogP contribution in [0.4, 0.5) is 0 Å². The molecule has 96 valence electrons. The van der Waals surface area contributed by atoms with Crippen molar-refractivity contribution >= 4 is 0 Å². The molecule has 0 aromatic carbocycles. The van der Waals surface area contributed by atoms with Crippen molar-refractivity contribution in [1.29, 1.82) is 0 Å². The van der Waals surface area contributed by atoms with Crippen LogP contribution in [0, 0.1) is 28.6 Å². The minimum atomic E-state index is 0.314. The van der Waals surface area contributed by atoms with Gasteiger partial charge in [-0.05, 0) is 60.7 Å². The van der Waals surface area contributed by atoms with Crippen molar-refractivity contribution < 1.29 is 0 Å². The first kappa shape index (κ1) is 12.0. The van der Waals surface area contributed by atoms with E-state index in [2.05, 4.69) is 50.1 Å². The van der Waals surface area contributed by atoms with E-state index in [1.807, 2.05) is 0 Å². The largest absolute Gasteiger partial charge is 0.103 e. The normalized spacial score (nSPS) is 49.4. The molecule has 0 aliphatic heterocycles. The molecule has 0 N–H and O–H groups in total. The van der Waals surface area contributed by atoms with Crippen molar-refractivity contribution in [3.63, 3.8) is 0 Å². The summed E-state index contributed by atoms with van der Waals surface area (Å²) >= 11 is 0. The van der Waals surface area contributed by atoms with Crippen LogP contribution in [0.15, 0.2) is 50.1 Å². The molecule has 0 aromatic rings. The third-order valence-corrected chi connectivity index (χ3v) is 6.02. The van der Waals surface area contributed by atoms with E-state index in [-0.39, 0.29) is 0 Å². The van der Waals surface area contributed by atoms with Crippen LogP contribution in [-0.2, 0) is 0 Å². The molecule has 0 spiro atoms. The molecule has 0 amide bonds. The topological polar surface area (TPSA) is 0 Å². The van der Waals surface area contributed by atoms with E-state index < -0.39 is 0 Å². The summed E-state index contributed by atoms with van der Waals surface area (Å²) in [6.45, 7) is 12.2. The summed E-state index contributed by atoms with van der Waals surface area (Å²) in [4.78, 5) is 0. The molecule has 5 atom stereocenters. The van der Waals surface area contributed by atoms with Gasteiger partial charge in [-0.2, -0.15) is 0 Å². The first-order valence-electron chi connectivity index (χ1n) is 7.27. The molecule has 0 aromatic heterocycles. The van der Waals surface area contributed by atoms with Crippen molar-refractivity contribution in [2.24, 2.45) is 28.6 Å². The maximum atomic E-state index is 4.20. The molecule has 3 aliphatic carbocycles. The summed E-state index contributed by atoms with van der Waals surface area (Å²) in [7, 11) is 0. The molecule has 2 bridgehead atoms. The van der Waals surface area contributed by atoms with E-state index in [9.17, 15) is 0 Å². The lowest BCUT2D eigenvalue weighted by molar-refractivity contribution is 0.147.